The quantitative estimate of drug-likeness (QED) is 0.766. The van der Waals surface area contributed by atoms with Crippen molar-refractivity contribution in [3.8, 4) is 0 Å². The van der Waals surface area contributed by atoms with Gasteiger partial charge in [-0.3, -0.25) is 4.90 Å². The summed E-state index contributed by atoms with van der Waals surface area (Å²) < 4.78 is 0. The van der Waals surface area contributed by atoms with Crippen molar-refractivity contribution in [1.29, 1.82) is 0 Å². The lowest BCUT2D eigenvalue weighted by Gasteiger charge is -2.37. The van der Waals surface area contributed by atoms with Crippen molar-refractivity contribution in [2.24, 2.45) is 5.73 Å². The Kier molecular flexibility index (Phi) is 2.44. The Hall–Kier alpha value is -0.380. The standard InChI is InChI=1S/C9H14N2S/c10-6-9(11-3-1-4-11)8-2-5-12-7-8/h2,5,7,9H,1,3-4,6,10H2. The maximum atomic E-state index is 5.74. The van der Waals surface area contributed by atoms with Gasteiger partial charge in [-0.2, -0.15) is 11.3 Å². The van der Waals surface area contributed by atoms with Gasteiger partial charge in [0.1, 0.15) is 0 Å². The molecule has 12 heavy (non-hydrogen) atoms. The van der Waals surface area contributed by atoms with E-state index in [1.165, 1.54) is 25.1 Å². The van der Waals surface area contributed by atoms with Crippen LogP contribution >= 0.6 is 11.3 Å². The van der Waals surface area contributed by atoms with Gasteiger partial charge in [-0.25, -0.2) is 0 Å². The van der Waals surface area contributed by atoms with Crippen LogP contribution in [-0.4, -0.2) is 24.5 Å². The Morgan fingerprint density at radius 2 is 2.42 bits per heavy atom. The van der Waals surface area contributed by atoms with Gasteiger partial charge in [0.15, 0.2) is 0 Å². The summed E-state index contributed by atoms with van der Waals surface area (Å²) in [6, 6.07) is 2.66. The van der Waals surface area contributed by atoms with E-state index >= 15 is 0 Å². The number of nitrogens with two attached hydrogens (primary N) is 1. The molecule has 0 bridgehead atoms. The van der Waals surface area contributed by atoms with E-state index in [9.17, 15) is 0 Å². The molecule has 0 amide bonds. The molecule has 2 N–H and O–H groups in total. The second-order valence-corrected chi connectivity index (χ2v) is 3.98. The van der Waals surface area contributed by atoms with Crippen LogP contribution in [0.25, 0.3) is 0 Å². The first kappa shape index (κ1) is 8.23. The summed E-state index contributed by atoms with van der Waals surface area (Å²) in [6.45, 7) is 3.19. The second kappa shape index (κ2) is 3.56. The van der Waals surface area contributed by atoms with E-state index in [1.807, 2.05) is 0 Å². The van der Waals surface area contributed by atoms with Gasteiger partial charge in [0.05, 0.1) is 0 Å². The van der Waals surface area contributed by atoms with Gasteiger partial charge >= 0.3 is 0 Å². The largest absolute Gasteiger partial charge is 0.329 e. The monoisotopic (exact) mass is 182 g/mol. The molecule has 66 valence electrons. The Bertz CT molecular complexity index is 229. The summed E-state index contributed by atoms with van der Waals surface area (Å²) in [5, 5.41) is 4.33. The van der Waals surface area contributed by atoms with Crippen LogP contribution in [0.4, 0.5) is 0 Å². The molecule has 1 saturated heterocycles. The maximum absolute atomic E-state index is 5.74. The molecule has 3 heteroatoms. The minimum Gasteiger partial charge on any atom is -0.329 e. The number of rotatable bonds is 3. The average Bonchev–Trinajstić information content (AvgIpc) is 2.47. The van der Waals surface area contributed by atoms with Crippen molar-refractivity contribution in [1.82, 2.24) is 4.90 Å². The SMILES string of the molecule is NCC(c1ccsc1)N1CCC1. The van der Waals surface area contributed by atoms with E-state index in [1.54, 1.807) is 11.3 Å². The molecule has 1 atom stereocenters. The normalized spacial score (nSPS) is 20.4. The summed E-state index contributed by atoms with van der Waals surface area (Å²) >= 11 is 1.75. The van der Waals surface area contributed by atoms with Crippen LogP contribution < -0.4 is 5.73 Å². The first-order valence-corrected chi connectivity index (χ1v) is 5.32. The summed E-state index contributed by atoms with van der Waals surface area (Å²) in [4.78, 5) is 2.45. The number of hydrogen-bond donors (Lipinski definition) is 1. The summed E-state index contributed by atoms with van der Waals surface area (Å²) in [5.74, 6) is 0. The third-order valence-corrected chi connectivity index (χ3v) is 3.18. The molecular formula is C9H14N2S. The predicted octanol–water partition coefficient (Wildman–Crippen LogP) is 1.45. The zero-order valence-electron chi connectivity index (χ0n) is 7.07. The van der Waals surface area contributed by atoms with Crippen molar-refractivity contribution < 1.29 is 0 Å². The molecule has 0 radical (unpaired) electrons. The molecule has 1 fully saturated rings. The minimum atomic E-state index is 0.477. The fourth-order valence-electron chi connectivity index (χ4n) is 1.61. The molecule has 0 aromatic carbocycles. The molecular weight excluding hydrogens is 168 g/mol. The molecule has 2 nitrogen and oxygen atoms in total. The van der Waals surface area contributed by atoms with Gasteiger partial charge in [-0.1, -0.05) is 0 Å². The maximum Gasteiger partial charge on any atom is 0.0478 e. The third-order valence-electron chi connectivity index (χ3n) is 2.48. The Labute approximate surface area is 77.0 Å². The molecule has 0 saturated carbocycles. The van der Waals surface area contributed by atoms with Crippen LogP contribution in [0.1, 0.15) is 18.0 Å². The van der Waals surface area contributed by atoms with Crippen LogP contribution in [0.15, 0.2) is 16.8 Å². The van der Waals surface area contributed by atoms with Crippen LogP contribution in [0.2, 0.25) is 0 Å². The van der Waals surface area contributed by atoms with E-state index in [0.717, 1.165) is 6.54 Å². The molecule has 1 unspecified atom stereocenters. The first-order valence-electron chi connectivity index (χ1n) is 4.38. The molecule has 0 spiro atoms. The van der Waals surface area contributed by atoms with E-state index < -0.39 is 0 Å². The van der Waals surface area contributed by atoms with Crippen molar-refractivity contribution in [3.63, 3.8) is 0 Å². The van der Waals surface area contributed by atoms with Crippen molar-refractivity contribution in [2.45, 2.75) is 12.5 Å². The van der Waals surface area contributed by atoms with Gasteiger partial charge < -0.3 is 5.73 Å². The van der Waals surface area contributed by atoms with Crippen LogP contribution in [0, 0.1) is 0 Å². The highest BCUT2D eigenvalue weighted by atomic mass is 32.1. The topological polar surface area (TPSA) is 29.3 Å². The highest BCUT2D eigenvalue weighted by Gasteiger charge is 2.23. The second-order valence-electron chi connectivity index (χ2n) is 3.20. The van der Waals surface area contributed by atoms with Crippen molar-refractivity contribution in [3.05, 3.63) is 22.4 Å². The van der Waals surface area contributed by atoms with Crippen LogP contribution in [0.5, 0.6) is 0 Å². The average molecular weight is 182 g/mol. The Morgan fingerprint density at radius 3 is 2.83 bits per heavy atom. The van der Waals surface area contributed by atoms with Gasteiger partial charge in [-0.15, -0.1) is 0 Å². The number of thiophene rings is 1. The Morgan fingerprint density at radius 1 is 1.58 bits per heavy atom. The lowest BCUT2D eigenvalue weighted by Crippen LogP contribution is -2.42. The van der Waals surface area contributed by atoms with E-state index in [-0.39, 0.29) is 0 Å². The molecule has 2 heterocycles. The lowest BCUT2D eigenvalue weighted by molar-refractivity contribution is 0.122. The zero-order valence-corrected chi connectivity index (χ0v) is 7.89. The number of likely N-dealkylation sites (tertiary alicyclic amines) is 1. The summed E-state index contributed by atoms with van der Waals surface area (Å²) in [5.41, 5.74) is 7.13. The molecule has 1 aliphatic rings. The van der Waals surface area contributed by atoms with Gasteiger partial charge in [-0.05, 0) is 28.8 Å². The molecule has 1 aromatic heterocycles. The highest BCUT2D eigenvalue weighted by molar-refractivity contribution is 7.07. The third kappa shape index (κ3) is 1.40. The van der Waals surface area contributed by atoms with Crippen LogP contribution in [-0.2, 0) is 0 Å². The van der Waals surface area contributed by atoms with E-state index in [0.29, 0.717) is 6.04 Å². The Balaban J connectivity index is 2.07. The lowest BCUT2D eigenvalue weighted by atomic mass is 10.1. The fourth-order valence-corrected chi connectivity index (χ4v) is 2.32. The highest BCUT2D eigenvalue weighted by Crippen LogP contribution is 2.25. The summed E-state index contributed by atoms with van der Waals surface area (Å²) in [7, 11) is 0. The van der Waals surface area contributed by atoms with Gasteiger partial charge in [0, 0.05) is 25.7 Å². The van der Waals surface area contributed by atoms with Crippen LogP contribution in [0.3, 0.4) is 0 Å². The van der Waals surface area contributed by atoms with Crippen molar-refractivity contribution >= 4 is 11.3 Å². The minimum absolute atomic E-state index is 0.477. The summed E-state index contributed by atoms with van der Waals surface area (Å²) in [6.07, 6.45) is 1.33. The van der Waals surface area contributed by atoms with E-state index in [4.69, 9.17) is 5.73 Å². The van der Waals surface area contributed by atoms with Gasteiger partial charge in [0.2, 0.25) is 0 Å². The molecule has 1 aliphatic heterocycles. The van der Waals surface area contributed by atoms with E-state index in [2.05, 4.69) is 21.7 Å². The number of hydrogen-bond acceptors (Lipinski definition) is 3. The number of nitrogens with zero attached hydrogens (tertiary/aromatic N) is 1. The predicted molar refractivity (Wildman–Crippen MR) is 52.3 cm³/mol. The molecule has 2 rings (SSSR count). The first-order chi connectivity index (χ1) is 5.92. The van der Waals surface area contributed by atoms with Crippen molar-refractivity contribution in [2.75, 3.05) is 19.6 Å². The smallest absolute Gasteiger partial charge is 0.0478 e. The molecule has 1 aromatic rings. The fraction of sp³-hybridized carbons (Fsp3) is 0.556. The van der Waals surface area contributed by atoms with Gasteiger partial charge in [0.25, 0.3) is 0 Å². The zero-order chi connectivity index (χ0) is 8.39. The molecule has 0 aliphatic carbocycles.